The predicted octanol–water partition coefficient (Wildman–Crippen LogP) is 2.76. The van der Waals surface area contributed by atoms with Crippen LogP contribution in [0.25, 0.3) is 0 Å². The Kier molecular flexibility index (Phi) is 3.06. The maximum atomic E-state index is 12.0. The molecule has 0 atom stereocenters. The van der Waals surface area contributed by atoms with E-state index in [0.717, 1.165) is 18.7 Å². The Hall–Kier alpha value is -1.22. The monoisotopic (exact) mass is 239 g/mol. The molecule has 16 heavy (non-hydrogen) atoms. The zero-order chi connectivity index (χ0) is 11.7. The molecule has 0 spiro atoms. The first kappa shape index (κ1) is 11.3. The lowest BCUT2D eigenvalue weighted by molar-refractivity contribution is 0.0983. The van der Waals surface area contributed by atoms with Gasteiger partial charge in [-0.2, -0.15) is 0 Å². The van der Waals surface area contributed by atoms with Gasteiger partial charge in [-0.05, 0) is 18.6 Å². The number of carbonyl (C=O) groups excluding carboxylic acids is 1. The molecule has 1 aliphatic rings. The van der Waals surface area contributed by atoms with E-state index < -0.39 is 0 Å². The van der Waals surface area contributed by atoms with Crippen molar-refractivity contribution >= 4 is 23.1 Å². The van der Waals surface area contributed by atoms with Crippen molar-refractivity contribution in [3.05, 3.63) is 22.7 Å². The molecule has 2 rings (SSSR count). The van der Waals surface area contributed by atoms with E-state index in [9.17, 15) is 4.79 Å². The molecule has 0 fully saturated rings. The summed E-state index contributed by atoms with van der Waals surface area (Å²) in [6.45, 7) is 0.843. The molecule has 0 saturated carbocycles. The van der Waals surface area contributed by atoms with Gasteiger partial charge in [-0.3, -0.25) is 4.79 Å². The van der Waals surface area contributed by atoms with Gasteiger partial charge in [0.25, 0.3) is 0 Å². The number of nitrogens with zero attached hydrogens (tertiary/aromatic N) is 1. The Bertz CT molecular complexity index is 431. The van der Waals surface area contributed by atoms with E-state index in [1.807, 2.05) is 11.9 Å². The van der Waals surface area contributed by atoms with Gasteiger partial charge in [-0.1, -0.05) is 11.6 Å². The van der Waals surface area contributed by atoms with Crippen LogP contribution in [0.2, 0.25) is 5.02 Å². The van der Waals surface area contributed by atoms with Crippen LogP contribution < -0.4 is 9.64 Å². The fourth-order valence-corrected chi connectivity index (χ4v) is 2.33. The first-order valence-electron chi connectivity index (χ1n) is 5.26. The van der Waals surface area contributed by atoms with Gasteiger partial charge in [0.15, 0.2) is 5.78 Å². The van der Waals surface area contributed by atoms with Crippen molar-refractivity contribution in [2.75, 3.05) is 25.6 Å². The molecule has 4 heteroatoms. The first-order valence-corrected chi connectivity index (χ1v) is 5.63. The fourth-order valence-electron chi connectivity index (χ4n) is 2.07. The van der Waals surface area contributed by atoms with E-state index in [-0.39, 0.29) is 5.78 Å². The number of benzene rings is 1. The highest BCUT2D eigenvalue weighted by molar-refractivity contribution is 6.35. The summed E-state index contributed by atoms with van der Waals surface area (Å²) in [5.74, 6) is 0.806. The molecule has 1 aromatic carbocycles. The fraction of sp³-hybridized carbons (Fsp3) is 0.417. The maximum Gasteiger partial charge on any atom is 0.166 e. The summed E-state index contributed by atoms with van der Waals surface area (Å²) in [7, 11) is 3.56. The highest BCUT2D eigenvalue weighted by Gasteiger charge is 2.24. The molecule has 0 bridgehead atoms. The van der Waals surface area contributed by atoms with Crippen molar-refractivity contribution in [1.82, 2.24) is 0 Å². The van der Waals surface area contributed by atoms with E-state index in [1.54, 1.807) is 19.2 Å². The molecule has 0 aromatic heterocycles. The summed E-state index contributed by atoms with van der Waals surface area (Å²) in [6, 6.07) is 3.52. The molecule has 0 saturated heterocycles. The van der Waals surface area contributed by atoms with Gasteiger partial charge in [-0.25, -0.2) is 0 Å². The summed E-state index contributed by atoms with van der Waals surface area (Å²) in [5.41, 5.74) is 1.42. The number of anilines is 1. The lowest BCUT2D eigenvalue weighted by Crippen LogP contribution is -2.18. The van der Waals surface area contributed by atoms with Crippen LogP contribution in [0.4, 0.5) is 5.69 Å². The summed E-state index contributed by atoms with van der Waals surface area (Å²) in [6.07, 6.45) is 1.40. The lowest BCUT2D eigenvalue weighted by Gasteiger charge is -2.22. The minimum absolute atomic E-state index is 0.100. The average molecular weight is 240 g/mol. The van der Waals surface area contributed by atoms with Gasteiger partial charge in [0, 0.05) is 20.0 Å². The van der Waals surface area contributed by atoms with Crippen LogP contribution in [0.15, 0.2) is 12.1 Å². The van der Waals surface area contributed by atoms with Gasteiger partial charge < -0.3 is 9.64 Å². The number of Topliss-reactive ketones (excluding diaryl/α,β-unsaturated/α-hetero) is 1. The van der Waals surface area contributed by atoms with Crippen LogP contribution in [0.3, 0.4) is 0 Å². The number of methoxy groups -OCH3 is 1. The second-order valence-electron chi connectivity index (χ2n) is 3.92. The van der Waals surface area contributed by atoms with Crippen molar-refractivity contribution in [2.45, 2.75) is 12.8 Å². The smallest absolute Gasteiger partial charge is 0.166 e. The lowest BCUT2D eigenvalue weighted by atomic mass is 10.1. The Morgan fingerprint density at radius 3 is 2.88 bits per heavy atom. The Labute approximate surface area is 100.0 Å². The number of carbonyl (C=O) groups is 1. The van der Waals surface area contributed by atoms with Gasteiger partial charge in [-0.15, -0.1) is 0 Å². The number of hydrogen-bond donors (Lipinski definition) is 0. The molecule has 0 aliphatic carbocycles. The highest BCUT2D eigenvalue weighted by Crippen LogP contribution is 2.38. The standard InChI is InChI=1S/C12H14ClNO2/c1-14-7-3-4-9(15)11-8(13)5-6-10(16-2)12(11)14/h5-6H,3-4,7H2,1-2H3. The van der Waals surface area contributed by atoms with Gasteiger partial charge in [0.2, 0.25) is 0 Å². The Morgan fingerprint density at radius 2 is 2.19 bits per heavy atom. The van der Waals surface area contributed by atoms with Gasteiger partial charge in [0.1, 0.15) is 5.75 Å². The Balaban J connectivity index is 2.67. The quantitative estimate of drug-likeness (QED) is 0.755. The van der Waals surface area contributed by atoms with Crippen molar-refractivity contribution in [1.29, 1.82) is 0 Å². The van der Waals surface area contributed by atoms with Crippen LogP contribution in [-0.4, -0.2) is 26.5 Å². The molecule has 0 unspecified atom stereocenters. The largest absolute Gasteiger partial charge is 0.495 e. The summed E-state index contributed by atoms with van der Waals surface area (Å²) < 4.78 is 5.29. The topological polar surface area (TPSA) is 29.5 Å². The highest BCUT2D eigenvalue weighted by atomic mass is 35.5. The number of fused-ring (bicyclic) bond motifs is 1. The summed E-state index contributed by atoms with van der Waals surface area (Å²) in [4.78, 5) is 14.0. The van der Waals surface area contributed by atoms with Crippen LogP contribution in [0, 0.1) is 0 Å². The van der Waals surface area contributed by atoms with Crippen LogP contribution in [0.1, 0.15) is 23.2 Å². The van der Waals surface area contributed by atoms with E-state index >= 15 is 0 Å². The second-order valence-corrected chi connectivity index (χ2v) is 4.33. The SMILES string of the molecule is COc1ccc(Cl)c2c1N(C)CCCC2=O. The molecular formula is C12H14ClNO2. The normalized spacial score (nSPS) is 15.7. The molecule has 3 nitrogen and oxygen atoms in total. The maximum absolute atomic E-state index is 12.0. The predicted molar refractivity (Wildman–Crippen MR) is 64.8 cm³/mol. The molecule has 1 heterocycles. The third-order valence-corrected chi connectivity index (χ3v) is 3.18. The minimum atomic E-state index is 0.100. The first-order chi connectivity index (χ1) is 7.65. The molecular weight excluding hydrogens is 226 g/mol. The van der Waals surface area contributed by atoms with Crippen LogP contribution >= 0.6 is 11.6 Å². The molecule has 0 N–H and O–H groups in total. The van der Waals surface area contributed by atoms with Crippen molar-refractivity contribution in [3.8, 4) is 5.75 Å². The number of rotatable bonds is 1. The van der Waals surface area contributed by atoms with E-state index in [1.165, 1.54) is 0 Å². The summed E-state index contributed by atoms with van der Waals surface area (Å²) in [5, 5.41) is 0.509. The zero-order valence-corrected chi connectivity index (χ0v) is 10.2. The van der Waals surface area contributed by atoms with Gasteiger partial charge >= 0.3 is 0 Å². The average Bonchev–Trinajstić information content (AvgIpc) is 2.41. The third kappa shape index (κ3) is 1.76. The van der Waals surface area contributed by atoms with Crippen molar-refractivity contribution in [3.63, 3.8) is 0 Å². The van der Waals surface area contributed by atoms with Crippen LogP contribution in [-0.2, 0) is 0 Å². The number of hydrogen-bond acceptors (Lipinski definition) is 3. The Morgan fingerprint density at radius 1 is 1.44 bits per heavy atom. The van der Waals surface area contributed by atoms with E-state index in [0.29, 0.717) is 22.8 Å². The summed E-state index contributed by atoms with van der Waals surface area (Å²) >= 11 is 6.10. The van der Waals surface area contributed by atoms with Gasteiger partial charge in [0.05, 0.1) is 23.4 Å². The third-order valence-electron chi connectivity index (χ3n) is 2.87. The molecule has 0 radical (unpaired) electrons. The molecule has 0 amide bonds. The molecule has 1 aliphatic heterocycles. The number of ether oxygens (including phenoxy) is 1. The van der Waals surface area contributed by atoms with Crippen molar-refractivity contribution in [2.24, 2.45) is 0 Å². The number of halogens is 1. The zero-order valence-electron chi connectivity index (χ0n) is 9.42. The van der Waals surface area contributed by atoms with E-state index in [4.69, 9.17) is 16.3 Å². The molecule has 86 valence electrons. The number of ketones is 1. The second kappa shape index (κ2) is 4.34. The minimum Gasteiger partial charge on any atom is -0.495 e. The van der Waals surface area contributed by atoms with Crippen molar-refractivity contribution < 1.29 is 9.53 Å². The molecule has 1 aromatic rings. The van der Waals surface area contributed by atoms with E-state index in [2.05, 4.69) is 0 Å². The van der Waals surface area contributed by atoms with Crippen LogP contribution in [0.5, 0.6) is 5.75 Å².